The van der Waals surface area contributed by atoms with Gasteiger partial charge in [0.2, 0.25) is 0 Å². The van der Waals surface area contributed by atoms with Crippen molar-refractivity contribution in [2.75, 3.05) is 21.0 Å². The normalized spacial score (nSPS) is 31.5. The van der Waals surface area contributed by atoms with E-state index in [4.69, 9.17) is 28.4 Å². The molecule has 0 bridgehead atoms. The lowest BCUT2D eigenvalue weighted by atomic mass is 9.99. The van der Waals surface area contributed by atoms with Crippen LogP contribution in [-0.2, 0) is 18.9 Å². The van der Waals surface area contributed by atoms with Crippen molar-refractivity contribution in [3.63, 3.8) is 0 Å². The van der Waals surface area contributed by atoms with Crippen LogP contribution in [0.1, 0.15) is 50.0 Å². The molecule has 0 aliphatic carbocycles. The Balaban J connectivity index is 2.06. The first kappa shape index (κ1) is 25.2. The average molecular weight is 463 g/mol. The van der Waals surface area contributed by atoms with E-state index < -0.39 is 30.1 Å². The fourth-order valence-corrected chi connectivity index (χ4v) is 3.87. The number of aliphatic hydroxyl groups is 1. The second kappa shape index (κ2) is 10.7. The molecule has 2 aliphatic heterocycles. The number of esters is 1. The Morgan fingerprint density at radius 3 is 2.61 bits per heavy atom. The zero-order chi connectivity index (χ0) is 24.2. The van der Waals surface area contributed by atoms with Gasteiger partial charge in [0.15, 0.2) is 12.6 Å². The van der Waals surface area contributed by atoms with Crippen LogP contribution < -0.4 is 9.47 Å². The van der Waals surface area contributed by atoms with E-state index in [2.05, 4.69) is 0 Å². The number of methoxy groups -OCH3 is 2. The molecular formula is C25H34O8. The van der Waals surface area contributed by atoms with Crippen LogP contribution >= 0.6 is 0 Å². The zero-order valence-corrected chi connectivity index (χ0v) is 20.1. The summed E-state index contributed by atoms with van der Waals surface area (Å²) in [7, 11) is 3.05. The van der Waals surface area contributed by atoms with Gasteiger partial charge in [0.1, 0.15) is 35.4 Å². The van der Waals surface area contributed by atoms with Crippen molar-refractivity contribution in [1.82, 2.24) is 0 Å². The first-order valence-corrected chi connectivity index (χ1v) is 11.1. The number of cyclic esters (lactones) is 1. The second-order valence-electron chi connectivity index (χ2n) is 8.76. The molecule has 1 aromatic carbocycles. The smallest absolute Gasteiger partial charge is 0.342 e. The lowest BCUT2D eigenvalue weighted by Gasteiger charge is -2.23. The maximum absolute atomic E-state index is 13.2. The molecule has 2 aliphatic rings. The molecule has 2 unspecified atom stereocenters. The van der Waals surface area contributed by atoms with Crippen molar-refractivity contribution in [3.8, 4) is 11.5 Å². The van der Waals surface area contributed by atoms with Gasteiger partial charge in [-0.2, -0.15) is 0 Å². The van der Waals surface area contributed by atoms with E-state index >= 15 is 0 Å². The Labute approximate surface area is 195 Å². The van der Waals surface area contributed by atoms with Crippen molar-refractivity contribution >= 4 is 12.0 Å². The number of carbonyl (C=O) groups is 1. The van der Waals surface area contributed by atoms with Gasteiger partial charge >= 0.3 is 5.97 Å². The first-order valence-electron chi connectivity index (χ1n) is 11.1. The number of carbonyl (C=O) groups excluding carboxylic acids is 1. The van der Waals surface area contributed by atoms with Crippen LogP contribution in [0.5, 0.6) is 11.5 Å². The Hall–Kier alpha value is -2.39. The summed E-state index contributed by atoms with van der Waals surface area (Å²) in [6, 6.07) is 3.38. The molecule has 182 valence electrons. The molecule has 1 aromatic rings. The molecule has 0 radical (unpaired) electrons. The lowest BCUT2D eigenvalue weighted by Crippen LogP contribution is -2.34. The molecule has 0 amide bonds. The predicted molar refractivity (Wildman–Crippen MR) is 122 cm³/mol. The summed E-state index contributed by atoms with van der Waals surface area (Å²) in [5.74, 6) is -0.656. The molecule has 3 rings (SSSR count). The number of aliphatic hydroxyl groups excluding tert-OH is 1. The Morgan fingerprint density at radius 1 is 1.15 bits per heavy atom. The third kappa shape index (κ3) is 6.14. The maximum atomic E-state index is 13.2. The summed E-state index contributed by atoms with van der Waals surface area (Å²) < 4.78 is 33.9. The van der Waals surface area contributed by atoms with Crippen LogP contribution in [0.3, 0.4) is 0 Å². The fourth-order valence-electron chi connectivity index (χ4n) is 3.87. The minimum absolute atomic E-state index is 0.0345. The molecule has 8 nitrogen and oxygen atoms in total. The third-order valence-corrected chi connectivity index (χ3v) is 5.75. The average Bonchev–Trinajstić information content (AvgIpc) is 3.08. The van der Waals surface area contributed by atoms with Crippen LogP contribution in [0.4, 0.5) is 0 Å². The van der Waals surface area contributed by atoms with E-state index in [9.17, 15) is 9.90 Å². The van der Waals surface area contributed by atoms with Gasteiger partial charge in [-0.25, -0.2) is 4.79 Å². The van der Waals surface area contributed by atoms with Crippen molar-refractivity contribution in [2.24, 2.45) is 5.92 Å². The number of ether oxygens (including phenoxy) is 6. The van der Waals surface area contributed by atoms with Gasteiger partial charge in [-0.05, 0) is 38.8 Å². The van der Waals surface area contributed by atoms with Crippen molar-refractivity contribution in [3.05, 3.63) is 41.5 Å². The number of benzene rings is 1. The van der Waals surface area contributed by atoms with Gasteiger partial charge in [-0.3, -0.25) is 0 Å². The number of fused-ring (bicyclic) bond motifs is 2. The first-order chi connectivity index (χ1) is 15.6. The number of hydrogen-bond donors (Lipinski definition) is 1. The van der Waals surface area contributed by atoms with Crippen LogP contribution in [0.15, 0.2) is 30.4 Å². The molecule has 8 heteroatoms. The van der Waals surface area contributed by atoms with Crippen molar-refractivity contribution in [2.45, 2.75) is 64.3 Å². The molecule has 33 heavy (non-hydrogen) atoms. The minimum Gasteiger partial charge on any atom is -0.497 e. The highest BCUT2D eigenvalue weighted by Gasteiger charge is 2.43. The molecule has 1 saturated heterocycles. The summed E-state index contributed by atoms with van der Waals surface area (Å²) >= 11 is 0. The molecule has 0 saturated carbocycles. The van der Waals surface area contributed by atoms with Gasteiger partial charge in [0, 0.05) is 19.1 Å². The minimum atomic E-state index is -0.861. The summed E-state index contributed by atoms with van der Waals surface area (Å²) in [6.07, 6.45) is 5.44. The monoisotopic (exact) mass is 462 g/mol. The highest BCUT2D eigenvalue weighted by molar-refractivity contribution is 5.97. The van der Waals surface area contributed by atoms with Crippen LogP contribution in [-0.4, -0.2) is 62.3 Å². The van der Waals surface area contributed by atoms with E-state index in [-0.39, 0.29) is 24.4 Å². The molecule has 0 spiro atoms. The van der Waals surface area contributed by atoms with Crippen LogP contribution in [0.25, 0.3) is 6.08 Å². The summed E-state index contributed by atoms with van der Waals surface area (Å²) in [5, 5.41) is 10.8. The summed E-state index contributed by atoms with van der Waals surface area (Å²) in [4.78, 5) is 13.2. The van der Waals surface area contributed by atoms with E-state index in [0.29, 0.717) is 23.5 Å². The van der Waals surface area contributed by atoms with Crippen LogP contribution in [0, 0.1) is 5.92 Å². The largest absolute Gasteiger partial charge is 0.497 e. The van der Waals surface area contributed by atoms with Gasteiger partial charge in [0.25, 0.3) is 0 Å². The molecule has 0 aromatic heterocycles. The van der Waals surface area contributed by atoms with Crippen molar-refractivity contribution in [1.29, 1.82) is 0 Å². The van der Waals surface area contributed by atoms with Gasteiger partial charge in [-0.1, -0.05) is 31.2 Å². The molecule has 5 atom stereocenters. The highest BCUT2D eigenvalue weighted by Crippen LogP contribution is 2.35. The van der Waals surface area contributed by atoms with Gasteiger partial charge in [-0.15, -0.1) is 0 Å². The molecular weight excluding hydrogens is 428 g/mol. The Kier molecular flexibility index (Phi) is 8.18. The molecule has 2 heterocycles. The fraction of sp³-hybridized carbons (Fsp3) is 0.560. The number of rotatable bonds is 4. The molecule has 1 fully saturated rings. The predicted octanol–water partition coefficient (Wildman–Crippen LogP) is 3.71. The van der Waals surface area contributed by atoms with Gasteiger partial charge < -0.3 is 33.5 Å². The standard InChI is InChI=1S/C25H34O8/c1-15-10-11-19(26)23-20(32-25(3,4)33-23)9-7-8-17-12-18(29-6)13-21(30-14-28-5)22(17)24(27)31-16(15)2/h7-8,10-13,15-16,19-20,23,26H,9,14H2,1-6H3/b8-7+,11-10-/t15-,16+,19?,20+,23?/m1/s1. The SMILES string of the molecule is COCOc1cc(OC)cc2c1C(=O)O[C@@H](C)[C@H](C)/C=C\C(O)C1OC(C)(C)O[C@H]1C/C=C/2. The van der Waals surface area contributed by atoms with E-state index in [1.807, 2.05) is 32.9 Å². The second-order valence-corrected chi connectivity index (χ2v) is 8.76. The third-order valence-electron chi connectivity index (χ3n) is 5.75. The number of hydrogen-bond acceptors (Lipinski definition) is 8. The zero-order valence-electron chi connectivity index (χ0n) is 20.1. The lowest BCUT2D eigenvalue weighted by molar-refractivity contribution is -0.152. The van der Waals surface area contributed by atoms with E-state index in [1.165, 1.54) is 7.11 Å². The van der Waals surface area contributed by atoms with Crippen molar-refractivity contribution < 1.29 is 38.3 Å². The van der Waals surface area contributed by atoms with E-state index in [1.54, 1.807) is 38.3 Å². The van der Waals surface area contributed by atoms with Gasteiger partial charge in [0.05, 0.1) is 13.2 Å². The molecule has 1 N–H and O–H groups in total. The topological polar surface area (TPSA) is 92.7 Å². The maximum Gasteiger partial charge on any atom is 0.342 e. The van der Waals surface area contributed by atoms with Crippen LogP contribution in [0.2, 0.25) is 0 Å². The Morgan fingerprint density at radius 2 is 1.91 bits per heavy atom. The summed E-state index contributed by atoms with van der Waals surface area (Å²) in [5.41, 5.74) is 0.859. The van der Waals surface area contributed by atoms with E-state index in [0.717, 1.165) is 0 Å². The summed E-state index contributed by atoms with van der Waals surface area (Å²) in [6.45, 7) is 7.34. The quantitative estimate of drug-likeness (QED) is 0.411. The Bertz CT molecular complexity index is 891. The highest BCUT2D eigenvalue weighted by atomic mass is 16.8.